The van der Waals surface area contributed by atoms with Crippen LogP contribution in [-0.4, -0.2) is 56.4 Å². The minimum atomic E-state index is -1.26. The topological polar surface area (TPSA) is 132 Å². The molecule has 0 radical (unpaired) electrons. The standard InChI is InChI=1S/C11H14N2O6/c14-4-6-8(15)9(16)10(19-6)5-2-1-3-7(12-5)13-11(17)18/h1-3,6,8-10,14-16H,4H2,(H,12,13)(H,17,18)/t6-,8-,9-,10+/m1/s1. The smallest absolute Gasteiger partial charge is 0.410 e. The number of rotatable bonds is 3. The molecule has 1 aromatic rings. The number of nitrogens with one attached hydrogen (secondary N) is 1. The number of aromatic nitrogens is 1. The number of aliphatic hydroxyl groups is 3. The van der Waals surface area contributed by atoms with Crippen LogP contribution in [0.15, 0.2) is 18.2 Å². The normalized spacial score (nSPS) is 30.3. The molecular weight excluding hydrogens is 256 g/mol. The maximum Gasteiger partial charge on any atom is 0.410 e. The monoisotopic (exact) mass is 270 g/mol. The van der Waals surface area contributed by atoms with E-state index in [1.807, 2.05) is 0 Å². The third kappa shape index (κ3) is 2.82. The molecule has 2 heterocycles. The van der Waals surface area contributed by atoms with E-state index in [0.29, 0.717) is 0 Å². The fraction of sp³-hybridized carbons (Fsp3) is 0.455. The Labute approximate surface area is 108 Å². The lowest BCUT2D eigenvalue weighted by Crippen LogP contribution is -2.32. The molecule has 8 nitrogen and oxygen atoms in total. The molecule has 5 N–H and O–H groups in total. The molecule has 2 rings (SSSR count). The predicted octanol–water partition coefficient (Wildman–Crippen LogP) is -0.675. The summed E-state index contributed by atoms with van der Waals surface area (Å²) in [6.45, 7) is -0.429. The van der Waals surface area contributed by atoms with Crippen molar-refractivity contribution >= 4 is 11.9 Å². The minimum Gasteiger partial charge on any atom is -0.465 e. The molecule has 1 saturated heterocycles. The molecule has 0 unspecified atom stereocenters. The molecule has 1 amide bonds. The third-order valence-corrected chi connectivity index (χ3v) is 2.84. The van der Waals surface area contributed by atoms with E-state index in [9.17, 15) is 15.0 Å². The maximum atomic E-state index is 10.5. The lowest BCUT2D eigenvalue weighted by Gasteiger charge is -2.14. The van der Waals surface area contributed by atoms with Gasteiger partial charge in [-0.25, -0.2) is 9.78 Å². The molecule has 8 heteroatoms. The van der Waals surface area contributed by atoms with Gasteiger partial charge in [-0.05, 0) is 12.1 Å². The van der Waals surface area contributed by atoms with E-state index in [0.717, 1.165) is 0 Å². The Balaban J connectivity index is 2.20. The average molecular weight is 270 g/mol. The van der Waals surface area contributed by atoms with Crippen molar-refractivity contribution in [1.82, 2.24) is 4.98 Å². The fourth-order valence-corrected chi connectivity index (χ4v) is 1.93. The van der Waals surface area contributed by atoms with Gasteiger partial charge in [-0.15, -0.1) is 0 Å². The first kappa shape index (κ1) is 13.7. The second-order valence-corrected chi connectivity index (χ2v) is 4.14. The highest BCUT2D eigenvalue weighted by Gasteiger charge is 2.43. The third-order valence-electron chi connectivity index (χ3n) is 2.84. The van der Waals surface area contributed by atoms with Gasteiger partial charge in [-0.2, -0.15) is 0 Å². The van der Waals surface area contributed by atoms with E-state index in [1.165, 1.54) is 12.1 Å². The first-order valence-electron chi connectivity index (χ1n) is 5.62. The molecule has 19 heavy (non-hydrogen) atoms. The van der Waals surface area contributed by atoms with E-state index in [1.54, 1.807) is 6.07 Å². The van der Waals surface area contributed by atoms with Crippen molar-refractivity contribution in [2.45, 2.75) is 24.4 Å². The summed E-state index contributed by atoms with van der Waals surface area (Å²) in [6.07, 6.45) is -5.51. The summed E-state index contributed by atoms with van der Waals surface area (Å²) in [6, 6.07) is 4.52. The van der Waals surface area contributed by atoms with Crippen LogP contribution in [0.2, 0.25) is 0 Å². The van der Waals surface area contributed by atoms with Crippen LogP contribution in [0.25, 0.3) is 0 Å². The van der Waals surface area contributed by atoms with Crippen molar-refractivity contribution < 1.29 is 30.0 Å². The van der Waals surface area contributed by atoms with Crippen LogP contribution in [0.4, 0.5) is 10.6 Å². The van der Waals surface area contributed by atoms with Gasteiger partial charge in [0.1, 0.15) is 30.2 Å². The summed E-state index contributed by atoms with van der Waals surface area (Å²) in [5, 5.41) is 39.1. The van der Waals surface area contributed by atoms with Crippen LogP contribution in [0.3, 0.4) is 0 Å². The molecule has 0 saturated carbocycles. The second-order valence-electron chi connectivity index (χ2n) is 4.14. The van der Waals surface area contributed by atoms with Gasteiger partial charge in [0.15, 0.2) is 0 Å². The Hall–Kier alpha value is -1.74. The van der Waals surface area contributed by atoms with Crippen molar-refractivity contribution in [3.8, 4) is 0 Å². The first-order valence-corrected chi connectivity index (χ1v) is 5.62. The molecule has 1 aromatic heterocycles. The molecule has 1 fully saturated rings. The SMILES string of the molecule is O=C(O)Nc1cccc([C@@H]2O[C@H](CO)[C@@H](O)[C@H]2O)n1. The van der Waals surface area contributed by atoms with Crippen LogP contribution >= 0.6 is 0 Å². The number of amides is 1. The van der Waals surface area contributed by atoms with Gasteiger partial charge in [0.05, 0.1) is 12.3 Å². The van der Waals surface area contributed by atoms with Gasteiger partial charge in [0.2, 0.25) is 0 Å². The number of aliphatic hydroxyl groups excluding tert-OH is 3. The van der Waals surface area contributed by atoms with E-state index in [4.69, 9.17) is 14.9 Å². The maximum absolute atomic E-state index is 10.5. The molecule has 0 aromatic carbocycles. The summed E-state index contributed by atoms with van der Waals surface area (Å²) < 4.78 is 5.29. The van der Waals surface area contributed by atoms with E-state index in [2.05, 4.69) is 10.3 Å². The van der Waals surface area contributed by atoms with Crippen LogP contribution in [0.1, 0.15) is 11.8 Å². The van der Waals surface area contributed by atoms with Crippen LogP contribution < -0.4 is 5.32 Å². The Kier molecular flexibility index (Phi) is 3.96. The Morgan fingerprint density at radius 3 is 2.68 bits per heavy atom. The van der Waals surface area contributed by atoms with Gasteiger partial charge < -0.3 is 25.2 Å². The quantitative estimate of drug-likeness (QED) is 0.491. The Morgan fingerprint density at radius 1 is 1.37 bits per heavy atom. The molecule has 1 aliphatic heterocycles. The van der Waals surface area contributed by atoms with Gasteiger partial charge in [-0.3, -0.25) is 5.32 Å². The number of hydrogen-bond acceptors (Lipinski definition) is 6. The minimum absolute atomic E-state index is 0.0859. The molecule has 0 spiro atoms. The number of carbonyl (C=O) groups is 1. The van der Waals surface area contributed by atoms with Gasteiger partial charge in [-0.1, -0.05) is 6.07 Å². The van der Waals surface area contributed by atoms with Gasteiger partial charge in [0, 0.05) is 0 Å². The molecule has 0 bridgehead atoms. The summed E-state index contributed by atoms with van der Waals surface area (Å²) in [5.74, 6) is 0.0859. The largest absolute Gasteiger partial charge is 0.465 e. The summed E-state index contributed by atoms with van der Waals surface area (Å²) in [5.41, 5.74) is 0.272. The van der Waals surface area contributed by atoms with E-state index < -0.39 is 37.1 Å². The van der Waals surface area contributed by atoms with Gasteiger partial charge >= 0.3 is 6.09 Å². The van der Waals surface area contributed by atoms with Crippen molar-refractivity contribution in [2.75, 3.05) is 11.9 Å². The predicted molar refractivity (Wildman–Crippen MR) is 62.6 cm³/mol. The van der Waals surface area contributed by atoms with Crippen molar-refractivity contribution in [1.29, 1.82) is 0 Å². The lowest BCUT2D eigenvalue weighted by molar-refractivity contribution is -0.0239. The van der Waals surface area contributed by atoms with Crippen LogP contribution in [0, 0.1) is 0 Å². The Bertz CT molecular complexity index is 468. The summed E-state index contributed by atoms with van der Waals surface area (Å²) in [7, 11) is 0. The van der Waals surface area contributed by atoms with Crippen LogP contribution in [0.5, 0.6) is 0 Å². The molecule has 1 aliphatic rings. The summed E-state index contributed by atoms with van der Waals surface area (Å²) >= 11 is 0. The number of carboxylic acid groups (broad SMARTS) is 1. The van der Waals surface area contributed by atoms with Crippen molar-refractivity contribution in [3.63, 3.8) is 0 Å². The Morgan fingerprint density at radius 2 is 2.11 bits per heavy atom. The number of pyridine rings is 1. The van der Waals surface area contributed by atoms with E-state index >= 15 is 0 Å². The lowest BCUT2D eigenvalue weighted by atomic mass is 10.1. The fourth-order valence-electron chi connectivity index (χ4n) is 1.93. The van der Waals surface area contributed by atoms with Crippen LogP contribution in [-0.2, 0) is 4.74 Å². The van der Waals surface area contributed by atoms with E-state index in [-0.39, 0.29) is 11.5 Å². The highest BCUT2D eigenvalue weighted by molar-refractivity contribution is 5.81. The number of hydrogen-bond donors (Lipinski definition) is 5. The van der Waals surface area contributed by atoms with Gasteiger partial charge in [0.25, 0.3) is 0 Å². The highest BCUT2D eigenvalue weighted by Crippen LogP contribution is 2.32. The highest BCUT2D eigenvalue weighted by atomic mass is 16.6. The zero-order chi connectivity index (χ0) is 14.0. The molecule has 104 valence electrons. The number of ether oxygens (including phenoxy) is 1. The number of anilines is 1. The first-order chi connectivity index (χ1) is 9.02. The van der Waals surface area contributed by atoms with Crippen molar-refractivity contribution in [3.05, 3.63) is 23.9 Å². The van der Waals surface area contributed by atoms with Crippen molar-refractivity contribution in [2.24, 2.45) is 0 Å². The zero-order valence-corrected chi connectivity index (χ0v) is 9.80. The molecular formula is C11H14N2O6. The number of nitrogens with zero attached hydrogens (tertiary/aromatic N) is 1. The second kappa shape index (κ2) is 5.49. The zero-order valence-electron chi connectivity index (χ0n) is 9.80. The summed E-state index contributed by atoms with van der Waals surface area (Å²) in [4.78, 5) is 14.5. The average Bonchev–Trinajstić information content (AvgIpc) is 2.65. The molecule has 4 atom stereocenters. The molecule has 0 aliphatic carbocycles.